The van der Waals surface area contributed by atoms with Gasteiger partial charge in [-0.05, 0) is 31.4 Å². The Morgan fingerprint density at radius 3 is 3.04 bits per heavy atom. The molecule has 3 heterocycles. The molecule has 0 atom stereocenters. The lowest BCUT2D eigenvalue weighted by Crippen LogP contribution is -2.19. The molecule has 122 valence electrons. The van der Waals surface area contributed by atoms with E-state index in [1.54, 1.807) is 6.20 Å². The van der Waals surface area contributed by atoms with Gasteiger partial charge in [0.25, 0.3) is 0 Å². The number of carbonyl (C=O) groups excluding carboxylic acids is 1. The quantitative estimate of drug-likeness (QED) is 0.783. The highest BCUT2D eigenvalue weighted by atomic mass is 32.1. The van der Waals surface area contributed by atoms with Crippen LogP contribution in [0.25, 0.3) is 11.4 Å². The third-order valence-corrected chi connectivity index (χ3v) is 4.75. The van der Waals surface area contributed by atoms with Gasteiger partial charge in [0.05, 0.1) is 23.8 Å². The van der Waals surface area contributed by atoms with Gasteiger partial charge in [-0.2, -0.15) is 0 Å². The van der Waals surface area contributed by atoms with Crippen molar-refractivity contribution in [3.63, 3.8) is 0 Å². The summed E-state index contributed by atoms with van der Waals surface area (Å²) < 4.78 is 14.3. The van der Waals surface area contributed by atoms with Gasteiger partial charge >= 0.3 is 0 Å². The largest absolute Gasteiger partial charge is 0.300 e. The van der Waals surface area contributed by atoms with Gasteiger partial charge in [-0.3, -0.25) is 9.78 Å². The zero-order valence-corrected chi connectivity index (χ0v) is 13.4. The number of aromatic nitrogens is 5. The first-order chi connectivity index (χ1) is 11.7. The molecule has 24 heavy (non-hydrogen) atoms. The highest BCUT2D eigenvalue weighted by Gasteiger charge is 2.18. The van der Waals surface area contributed by atoms with Crippen molar-refractivity contribution in [2.45, 2.75) is 25.8 Å². The van der Waals surface area contributed by atoms with Crippen molar-refractivity contribution < 1.29 is 9.18 Å². The topological polar surface area (TPSA) is 85.6 Å². The van der Waals surface area contributed by atoms with Crippen molar-refractivity contribution in [3.05, 3.63) is 40.9 Å². The molecule has 7 nitrogen and oxygen atoms in total. The van der Waals surface area contributed by atoms with E-state index < -0.39 is 5.82 Å². The predicted molar refractivity (Wildman–Crippen MR) is 86.0 cm³/mol. The molecule has 0 unspecified atom stereocenters. The second-order valence-corrected chi connectivity index (χ2v) is 6.54. The number of fused-ring (bicyclic) bond motifs is 1. The van der Waals surface area contributed by atoms with Gasteiger partial charge in [-0.25, -0.2) is 14.1 Å². The lowest BCUT2D eigenvalue weighted by molar-refractivity contribution is -0.116. The summed E-state index contributed by atoms with van der Waals surface area (Å²) in [6.07, 6.45) is 5.88. The van der Waals surface area contributed by atoms with E-state index in [9.17, 15) is 9.18 Å². The smallest absolute Gasteiger partial charge is 0.247 e. The van der Waals surface area contributed by atoms with Crippen LogP contribution in [0.15, 0.2) is 24.5 Å². The molecular weight excluding hydrogens is 331 g/mol. The van der Waals surface area contributed by atoms with Crippen LogP contribution in [0.3, 0.4) is 0 Å². The third-order valence-electron chi connectivity index (χ3n) is 3.68. The van der Waals surface area contributed by atoms with E-state index in [1.165, 1.54) is 33.0 Å². The summed E-state index contributed by atoms with van der Waals surface area (Å²) in [5, 5.41) is 11.3. The van der Waals surface area contributed by atoms with Crippen LogP contribution >= 0.6 is 11.3 Å². The number of pyridine rings is 1. The van der Waals surface area contributed by atoms with Crippen LogP contribution in [-0.2, 0) is 24.2 Å². The average Bonchev–Trinajstić information content (AvgIpc) is 3.24. The molecule has 0 saturated heterocycles. The van der Waals surface area contributed by atoms with Crippen LogP contribution < -0.4 is 5.32 Å². The maximum atomic E-state index is 12.9. The van der Waals surface area contributed by atoms with Gasteiger partial charge in [-0.1, -0.05) is 5.21 Å². The fourth-order valence-electron chi connectivity index (χ4n) is 2.57. The first-order valence-electron chi connectivity index (χ1n) is 7.48. The van der Waals surface area contributed by atoms with Gasteiger partial charge in [0, 0.05) is 4.88 Å². The Labute approximate surface area is 140 Å². The SMILES string of the molecule is O=C(Cn1cc(-c2ccc(F)cn2)nn1)Nc1nc2c(s1)CCC2. The maximum Gasteiger partial charge on any atom is 0.247 e. The van der Waals surface area contributed by atoms with Crippen LogP contribution in [0.1, 0.15) is 17.0 Å². The summed E-state index contributed by atoms with van der Waals surface area (Å²) in [4.78, 5) is 21.7. The molecule has 1 amide bonds. The minimum atomic E-state index is -0.416. The van der Waals surface area contributed by atoms with Crippen molar-refractivity contribution >= 4 is 22.4 Å². The Balaban J connectivity index is 1.41. The number of nitrogens with one attached hydrogen (secondary N) is 1. The molecule has 0 spiro atoms. The zero-order valence-electron chi connectivity index (χ0n) is 12.6. The van der Waals surface area contributed by atoms with Crippen molar-refractivity contribution in [1.82, 2.24) is 25.0 Å². The van der Waals surface area contributed by atoms with Gasteiger partial charge in [-0.15, -0.1) is 16.4 Å². The number of amides is 1. The summed E-state index contributed by atoms with van der Waals surface area (Å²) in [5.74, 6) is -0.633. The normalized spacial score (nSPS) is 13.0. The number of aryl methyl sites for hydroxylation is 2. The summed E-state index contributed by atoms with van der Waals surface area (Å²) in [5.41, 5.74) is 2.08. The number of anilines is 1. The molecular formula is C15H13FN6OS. The number of rotatable bonds is 4. The van der Waals surface area contributed by atoms with Gasteiger partial charge in [0.2, 0.25) is 5.91 Å². The second-order valence-electron chi connectivity index (χ2n) is 5.45. The van der Waals surface area contributed by atoms with E-state index in [0.717, 1.165) is 31.2 Å². The fourth-order valence-corrected chi connectivity index (χ4v) is 3.64. The van der Waals surface area contributed by atoms with Crippen LogP contribution in [0.4, 0.5) is 9.52 Å². The molecule has 1 aliphatic rings. The van der Waals surface area contributed by atoms with Crippen LogP contribution in [0.5, 0.6) is 0 Å². The van der Waals surface area contributed by atoms with Gasteiger partial charge in [0.1, 0.15) is 18.1 Å². The highest BCUT2D eigenvalue weighted by molar-refractivity contribution is 7.15. The molecule has 3 aromatic rings. The predicted octanol–water partition coefficient (Wildman–Crippen LogP) is 2.06. The maximum absolute atomic E-state index is 12.9. The van der Waals surface area contributed by atoms with Gasteiger partial charge in [0.15, 0.2) is 5.13 Å². The monoisotopic (exact) mass is 344 g/mol. The number of hydrogen-bond donors (Lipinski definition) is 1. The van der Waals surface area contributed by atoms with E-state index in [-0.39, 0.29) is 12.5 Å². The van der Waals surface area contributed by atoms with Crippen molar-refractivity contribution in [2.24, 2.45) is 0 Å². The number of nitrogens with zero attached hydrogens (tertiary/aromatic N) is 5. The van der Waals surface area contributed by atoms with E-state index in [4.69, 9.17) is 0 Å². The summed E-state index contributed by atoms with van der Waals surface area (Å²) >= 11 is 1.53. The van der Waals surface area contributed by atoms with Crippen LogP contribution in [0.2, 0.25) is 0 Å². The summed E-state index contributed by atoms with van der Waals surface area (Å²) in [6.45, 7) is 0.0262. The molecule has 0 saturated carbocycles. The van der Waals surface area contributed by atoms with Crippen LogP contribution in [0, 0.1) is 5.82 Å². The summed E-state index contributed by atoms with van der Waals surface area (Å²) in [6, 6.07) is 2.82. The number of thiazole rings is 1. The van der Waals surface area contributed by atoms with Crippen molar-refractivity contribution in [1.29, 1.82) is 0 Å². The number of halogens is 1. The number of hydrogen-bond acceptors (Lipinski definition) is 6. The average molecular weight is 344 g/mol. The zero-order chi connectivity index (χ0) is 16.5. The first-order valence-corrected chi connectivity index (χ1v) is 8.29. The van der Waals surface area contributed by atoms with Crippen LogP contribution in [-0.4, -0.2) is 30.9 Å². The molecule has 0 aromatic carbocycles. The van der Waals surface area contributed by atoms with Gasteiger partial charge < -0.3 is 5.32 Å². The molecule has 0 bridgehead atoms. The summed E-state index contributed by atoms with van der Waals surface area (Å²) in [7, 11) is 0. The lowest BCUT2D eigenvalue weighted by Gasteiger charge is -2.01. The standard InChI is InChI=1S/C15H13FN6OS/c16-9-4-5-10(17-6-9)12-7-22(21-20-12)8-14(23)19-15-18-11-2-1-3-13(11)24-15/h4-7H,1-3,8H2,(H,18,19,23). The molecule has 1 N–H and O–H groups in total. The fraction of sp³-hybridized carbons (Fsp3) is 0.267. The van der Waals surface area contributed by atoms with E-state index in [0.29, 0.717) is 16.5 Å². The minimum absolute atomic E-state index is 0.0262. The molecule has 0 aliphatic heterocycles. The van der Waals surface area contributed by atoms with Crippen molar-refractivity contribution in [3.8, 4) is 11.4 Å². The second kappa shape index (κ2) is 6.08. The Kier molecular flexibility index (Phi) is 3.77. The van der Waals surface area contributed by atoms with E-state index in [2.05, 4.69) is 25.6 Å². The number of carbonyl (C=O) groups is 1. The molecule has 1 aliphatic carbocycles. The Bertz CT molecular complexity index is 866. The molecule has 0 fully saturated rings. The minimum Gasteiger partial charge on any atom is -0.300 e. The molecule has 0 radical (unpaired) electrons. The van der Waals surface area contributed by atoms with E-state index >= 15 is 0 Å². The lowest BCUT2D eigenvalue weighted by atomic mass is 10.3. The molecule has 9 heteroatoms. The Morgan fingerprint density at radius 2 is 2.25 bits per heavy atom. The first kappa shape index (κ1) is 14.9. The van der Waals surface area contributed by atoms with E-state index in [1.807, 2.05) is 0 Å². The Hall–Kier alpha value is -2.68. The Morgan fingerprint density at radius 1 is 1.33 bits per heavy atom. The van der Waals surface area contributed by atoms with Crippen molar-refractivity contribution in [2.75, 3.05) is 5.32 Å². The molecule has 4 rings (SSSR count). The molecule has 3 aromatic heterocycles. The highest BCUT2D eigenvalue weighted by Crippen LogP contribution is 2.30. The third kappa shape index (κ3) is 3.02.